The lowest BCUT2D eigenvalue weighted by molar-refractivity contribution is -0.0772. The number of hydrogen-bond acceptors (Lipinski definition) is 3. The van der Waals surface area contributed by atoms with Gasteiger partial charge in [-0.3, -0.25) is 4.57 Å². The van der Waals surface area contributed by atoms with Crippen molar-refractivity contribution in [1.82, 2.24) is 0 Å². The van der Waals surface area contributed by atoms with Crippen LogP contribution >= 0.6 is 28.3 Å². The summed E-state index contributed by atoms with van der Waals surface area (Å²) < 4.78 is 23.4. The Morgan fingerprint density at radius 1 is 0.840 bits per heavy atom. The lowest BCUT2D eigenvalue weighted by atomic mass is 9.94. The van der Waals surface area contributed by atoms with Gasteiger partial charge in [-0.1, -0.05) is 20.8 Å². The van der Waals surface area contributed by atoms with Gasteiger partial charge in [0.15, 0.2) is 0 Å². The minimum absolute atomic E-state index is 0.153. The standard InChI is InChI=1S/C19H39Cl2O3P/c1-16(2)9-13-23-19(6,7)12-14-24-18(4,5)11-8-17(3)10-15-25(20,21)22/h16-17H,8-15H2,1-7H3. The highest BCUT2D eigenvalue weighted by molar-refractivity contribution is 8.08. The molecule has 6 heteroatoms. The molecule has 0 spiro atoms. The molecule has 1 atom stereocenters. The quantitative estimate of drug-likeness (QED) is 0.275. The van der Waals surface area contributed by atoms with Crippen molar-refractivity contribution in [3.63, 3.8) is 0 Å². The highest BCUT2D eigenvalue weighted by atomic mass is 35.9. The van der Waals surface area contributed by atoms with E-state index in [4.69, 9.17) is 32.0 Å². The van der Waals surface area contributed by atoms with Crippen LogP contribution in [-0.2, 0) is 14.0 Å². The van der Waals surface area contributed by atoms with Gasteiger partial charge in [0.25, 0.3) is 5.85 Å². The third kappa shape index (κ3) is 16.6. The average Bonchev–Trinajstić information content (AvgIpc) is 2.41. The fourth-order valence-corrected chi connectivity index (χ4v) is 3.72. The van der Waals surface area contributed by atoms with E-state index in [9.17, 15) is 4.57 Å². The molecular formula is C19H39Cl2O3P. The van der Waals surface area contributed by atoms with Crippen LogP contribution in [0.15, 0.2) is 0 Å². The third-order valence-corrected chi connectivity index (χ3v) is 6.30. The summed E-state index contributed by atoms with van der Waals surface area (Å²) in [4.78, 5) is 0. The van der Waals surface area contributed by atoms with E-state index >= 15 is 0 Å². The zero-order valence-corrected chi connectivity index (χ0v) is 19.6. The maximum Gasteiger partial charge on any atom is 0.253 e. The molecule has 3 nitrogen and oxygen atoms in total. The van der Waals surface area contributed by atoms with Gasteiger partial charge in [-0.2, -0.15) is 0 Å². The van der Waals surface area contributed by atoms with Crippen LogP contribution in [0.3, 0.4) is 0 Å². The van der Waals surface area contributed by atoms with E-state index in [1.165, 1.54) is 0 Å². The molecule has 0 heterocycles. The third-order valence-electron chi connectivity index (χ3n) is 4.51. The Morgan fingerprint density at radius 3 is 1.88 bits per heavy atom. The summed E-state index contributed by atoms with van der Waals surface area (Å²) >= 11 is 11.2. The molecule has 0 fully saturated rings. The summed E-state index contributed by atoms with van der Waals surface area (Å²) in [7, 11) is 0. The Morgan fingerprint density at radius 2 is 1.36 bits per heavy atom. The summed E-state index contributed by atoms with van der Waals surface area (Å²) in [5.41, 5.74) is -0.325. The maximum absolute atomic E-state index is 11.4. The molecule has 152 valence electrons. The van der Waals surface area contributed by atoms with E-state index in [-0.39, 0.29) is 11.2 Å². The zero-order chi connectivity index (χ0) is 19.7. The van der Waals surface area contributed by atoms with Gasteiger partial charge in [-0.05, 0) is 94.1 Å². The van der Waals surface area contributed by atoms with Gasteiger partial charge in [-0.15, -0.1) is 0 Å². The SMILES string of the molecule is CC(C)CCOC(C)(C)CCOC(C)(C)CCC(C)CCP(=O)(Cl)Cl. The number of rotatable bonds is 14. The molecule has 0 N–H and O–H groups in total. The van der Waals surface area contributed by atoms with Gasteiger partial charge in [0.2, 0.25) is 0 Å². The molecule has 0 aliphatic heterocycles. The Balaban J connectivity index is 4.04. The Kier molecular flexibility index (Phi) is 11.9. The first-order valence-corrected chi connectivity index (χ1v) is 13.2. The zero-order valence-electron chi connectivity index (χ0n) is 17.2. The molecule has 0 aromatic rings. The first-order chi connectivity index (χ1) is 11.2. The van der Waals surface area contributed by atoms with E-state index in [1.807, 2.05) is 0 Å². The number of hydrogen-bond donors (Lipinski definition) is 0. The maximum atomic E-state index is 11.4. The predicted octanol–water partition coefficient (Wildman–Crippen LogP) is 7.49. The minimum Gasteiger partial charge on any atom is -0.375 e. The van der Waals surface area contributed by atoms with Crippen LogP contribution < -0.4 is 0 Å². The van der Waals surface area contributed by atoms with Crippen molar-refractivity contribution >= 4 is 28.3 Å². The van der Waals surface area contributed by atoms with Gasteiger partial charge in [0.05, 0.1) is 17.8 Å². The Bertz CT molecular complexity index is 405. The summed E-state index contributed by atoms with van der Waals surface area (Å²) in [6.45, 7) is 16.6. The normalized spacial score (nSPS) is 15.0. The van der Waals surface area contributed by atoms with Gasteiger partial charge in [0, 0.05) is 12.8 Å². The molecule has 0 saturated heterocycles. The summed E-state index contributed by atoms with van der Waals surface area (Å²) in [6.07, 6.45) is 5.11. The molecule has 0 aromatic carbocycles. The van der Waals surface area contributed by atoms with E-state index in [1.54, 1.807) is 0 Å². The van der Waals surface area contributed by atoms with Gasteiger partial charge < -0.3 is 9.47 Å². The predicted molar refractivity (Wildman–Crippen MR) is 111 cm³/mol. The molecule has 0 aliphatic carbocycles. The molecule has 0 aliphatic rings. The average molecular weight is 417 g/mol. The second-order valence-corrected chi connectivity index (χ2v) is 14.3. The molecule has 1 unspecified atom stereocenters. The van der Waals surface area contributed by atoms with Gasteiger partial charge in [0.1, 0.15) is 0 Å². The summed E-state index contributed by atoms with van der Waals surface area (Å²) in [5.74, 6) is -1.84. The first kappa shape index (κ1) is 25.7. The van der Waals surface area contributed by atoms with Crippen LogP contribution in [0.25, 0.3) is 0 Å². The lowest BCUT2D eigenvalue weighted by Crippen LogP contribution is -2.31. The van der Waals surface area contributed by atoms with Crippen LogP contribution in [0.5, 0.6) is 0 Å². The van der Waals surface area contributed by atoms with Crippen LogP contribution in [0, 0.1) is 11.8 Å². The fourth-order valence-electron chi connectivity index (χ4n) is 2.40. The number of ether oxygens (including phenoxy) is 2. The summed E-state index contributed by atoms with van der Waals surface area (Å²) in [6, 6.07) is 0. The Labute approximate surface area is 165 Å². The molecule has 0 rings (SSSR count). The monoisotopic (exact) mass is 416 g/mol. The second-order valence-electron chi connectivity index (χ2n) is 8.88. The highest BCUT2D eigenvalue weighted by Gasteiger charge is 2.24. The molecule has 0 radical (unpaired) electrons. The number of halogens is 2. The highest BCUT2D eigenvalue weighted by Crippen LogP contribution is 2.57. The first-order valence-electron chi connectivity index (χ1n) is 9.49. The van der Waals surface area contributed by atoms with E-state index in [0.717, 1.165) is 38.7 Å². The topological polar surface area (TPSA) is 35.5 Å². The van der Waals surface area contributed by atoms with Gasteiger partial charge in [-0.25, -0.2) is 0 Å². The fraction of sp³-hybridized carbons (Fsp3) is 1.00. The van der Waals surface area contributed by atoms with Gasteiger partial charge >= 0.3 is 0 Å². The smallest absolute Gasteiger partial charge is 0.253 e. The van der Waals surface area contributed by atoms with Crippen LogP contribution in [0.1, 0.15) is 80.6 Å². The molecule has 0 saturated carbocycles. The molecule has 25 heavy (non-hydrogen) atoms. The Hall–Kier alpha value is 0.730. The summed E-state index contributed by atoms with van der Waals surface area (Å²) in [5, 5.41) is 0. The molecule has 0 bridgehead atoms. The van der Waals surface area contributed by atoms with Crippen molar-refractivity contribution in [1.29, 1.82) is 0 Å². The second kappa shape index (κ2) is 11.5. The lowest BCUT2D eigenvalue weighted by Gasteiger charge is -2.30. The van der Waals surface area contributed by atoms with Crippen LogP contribution in [-0.4, -0.2) is 30.6 Å². The molecule has 0 aromatic heterocycles. The van der Waals surface area contributed by atoms with Crippen molar-refractivity contribution in [2.24, 2.45) is 11.8 Å². The largest absolute Gasteiger partial charge is 0.375 e. The van der Waals surface area contributed by atoms with Crippen LogP contribution in [0.4, 0.5) is 0 Å². The van der Waals surface area contributed by atoms with E-state index < -0.39 is 5.85 Å². The van der Waals surface area contributed by atoms with E-state index in [0.29, 0.717) is 24.6 Å². The minimum atomic E-state index is -2.94. The van der Waals surface area contributed by atoms with Crippen molar-refractivity contribution in [2.45, 2.75) is 91.8 Å². The van der Waals surface area contributed by atoms with Crippen molar-refractivity contribution in [2.75, 3.05) is 19.4 Å². The van der Waals surface area contributed by atoms with Crippen molar-refractivity contribution in [3.05, 3.63) is 0 Å². The molecular weight excluding hydrogens is 378 g/mol. The van der Waals surface area contributed by atoms with E-state index in [2.05, 4.69) is 48.5 Å². The van der Waals surface area contributed by atoms with Crippen molar-refractivity contribution in [3.8, 4) is 0 Å². The van der Waals surface area contributed by atoms with Crippen LogP contribution in [0.2, 0.25) is 0 Å². The van der Waals surface area contributed by atoms with Crippen molar-refractivity contribution < 1.29 is 14.0 Å². The molecule has 0 amide bonds.